The highest BCUT2D eigenvalue weighted by atomic mass is 79.9. The molecule has 0 aromatic heterocycles. The molecule has 0 radical (unpaired) electrons. The van der Waals surface area contributed by atoms with Crippen LogP contribution in [0.25, 0.3) is 0 Å². The van der Waals surface area contributed by atoms with Crippen LogP contribution >= 0.6 is 39.3 Å². The Kier molecular flexibility index (Phi) is 3.62. The maximum Gasteiger partial charge on any atom is 0.126 e. The van der Waals surface area contributed by atoms with Crippen LogP contribution in [0.1, 0.15) is 6.92 Å². The molecule has 0 aromatic rings. The Bertz CT molecular complexity index is 304. The van der Waals surface area contributed by atoms with Gasteiger partial charge in [0, 0.05) is 5.57 Å². The molecular formula is C8H7BrClNS. The summed E-state index contributed by atoms with van der Waals surface area (Å²) < 4.78 is 1.02. The summed E-state index contributed by atoms with van der Waals surface area (Å²) in [5.74, 6) is 0. The molecule has 0 aromatic carbocycles. The van der Waals surface area contributed by atoms with E-state index in [9.17, 15) is 0 Å². The number of halogens is 2. The number of nitrogens with zero attached hydrogens (tertiary/aromatic N) is 1. The van der Waals surface area contributed by atoms with Crippen LogP contribution in [0.15, 0.2) is 38.3 Å². The van der Waals surface area contributed by atoms with E-state index in [1.807, 2.05) is 13.0 Å². The van der Waals surface area contributed by atoms with E-state index in [4.69, 9.17) is 11.6 Å². The van der Waals surface area contributed by atoms with Crippen LogP contribution < -0.4 is 0 Å². The Labute approximate surface area is 89.4 Å². The van der Waals surface area contributed by atoms with E-state index in [-0.39, 0.29) is 0 Å². The maximum atomic E-state index is 5.74. The summed E-state index contributed by atoms with van der Waals surface area (Å²) in [5, 5.41) is 1.35. The van der Waals surface area contributed by atoms with E-state index in [2.05, 4.69) is 27.5 Å². The van der Waals surface area contributed by atoms with Crippen molar-refractivity contribution < 1.29 is 0 Å². The molecule has 0 fully saturated rings. The summed E-state index contributed by atoms with van der Waals surface area (Å²) in [7, 11) is 0. The predicted octanol–water partition coefficient (Wildman–Crippen LogP) is 4.02. The first-order valence-corrected chi connectivity index (χ1v) is 5.27. The van der Waals surface area contributed by atoms with Crippen LogP contribution in [-0.2, 0) is 0 Å². The predicted molar refractivity (Wildman–Crippen MR) is 60.8 cm³/mol. The van der Waals surface area contributed by atoms with Gasteiger partial charge in [-0.15, -0.1) is 0 Å². The number of hydrogen-bond donors (Lipinski definition) is 0. The van der Waals surface area contributed by atoms with Gasteiger partial charge in [-0.05, 0) is 28.9 Å². The van der Waals surface area contributed by atoms with Gasteiger partial charge >= 0.3 is 0 Å². The van der Waals surface area contributed by atoms with E-state index in [1.54, 1.807) is 6.08 Å². The maximum absolute atomic E-state index is 5.74. The van der Waals surface area contributed by atoms with Crippen molar-refractivity contribution in [1.82, 2.24) is 0 Å². The molecule has 1 aliphatic heterocycles. The van der Waals surface area contributed by atoms with E-state index in [0.29, 0.717) is 5.16 Å². The third-order valence-corrected chi connectivity index (χ3v) is 3.08. The van der Waals surface area contributed by atoms with Crippen molar-refractivity contribution in [2.24, 2.45) is 4.99 Å². The molecule has 0 atom stereocenters. The first-order valence-electron chi connectivity index (χ1n) is 3.28. The Morgan fingerprint density at radius 2 is 2.50 bits per heavy atom. The van der Waals surface area contributed by atoms with Crippen molar-refractivity contribution in [3.8, 4) is 0 Å². The number of thioether (sulfide) groups is 1. The zero-order valence-corrected chi connectivity index (χ0v) is 9.63. The minimum atomic E-state index is 0.495. The first-order chi connectivity index (χ1) is 5.63. The van der Waals surface area contributed by atoms with Crippen LogP contribution in [0, 0.1) is 0 Å². The lowest BCUT2D eigenvalue weighted by molar-refractivity contribution is 1.48. The van der Waals surface area contributed by atoms with E-state index < -0.39 is 0 Å². The normalized spacial score (nSPS) is 21.9. The molecule has 1 heterocycles. The second-order valence-electron chi connectivity index (χ2n) is 2.10. The van der Waals surface area contributed by atoms with Crippen LogP contribution in [0.5, 0.6) is 0 Å². The smallest absolute Gasteiger partial charge is 0.126 e. The summed E-state index contributed by atoms with van der Waals surface area (Å²) in [6, 6.07) is 0. The Hall–Kier alpha value is 0.01000. The van der Waals surface area contributed by atoms with Crippen molar-refractivity contribution in [3.63, 3.8) is 0 Å². The number of hydrogen-bond acceptors (Lipinski definition) is 2. The minimum Gasteiger partial charge on any atom is -0.229 e. The average Bonchev–Trinajstić information content (AvgIpc) is 2.30. The van der Waals surface area contributed by atoms with Gasteiger partial charge in [-0.1, -0.05) is 36.0 Å². The summed E-state index contributed by atoms with van der Waals surface area (Å²) in [5.41, 5.74) is 0.895. The number of allylic oxidation sites excluding steroid dienone is 2. The molecule has 0 saturated heterocycles. The lowest BCUT2D eigenvalue weighted by Gasteiger charge is -1.94. The second-order valence-corrected chi connectivity index (χ2v) is 4.90. The Morgan fingerprint density at radius 3 is 2.92 bits per heavy atom. The third kappa shape index (κ3) is 2.51. The van der Waals surface area contributed by atoms with Crippen molar-refractivity contribution in [3.05, 3.63) is 33.3 Å². The molecule has 0 bridgehead atoms. The molecule has 1 rings (SSSR count). The van der Waals surface area contributed by atoms with Crippen LogP contribution in [0.4, 0.5) is 0 Å². The Morgan fingerprint density at radius 1 is 1.83 bits per heavy atom. The molecular weight excluding hydrogens is 258 g/mol. The van der Waals surface area contributed by atoms with Crippen molar-refractivity contribution >= 4 is 44.3 Å². The van der Waals surface area contributed by atoms with Gasteiger partial charge in [0.15, 0.2) is 0 Å². The summed E-state index contributed by atoms with van der Waals surface area (Å²) in [4.78, 5) is 4.15. The van der Waals surface area contributed by atoms with Gasteiger partial charge in [-0.25, -0.2) is 4.99 Å². The molecule has 0 saturated carbocycles. The molecule has 0 unspecified atom stereocenters. The first kappa shape index (κ1) is 10.1. The van der Waals surface area contributed by atoms with Gasteiger partial charge in [-0.2, -0.15) is 0 Å². The van der Waals surface area contributed by atoms with Gasteiger partial charge in [0.1, 0.15) is 10.2 Å². The molecule has 0 aliphatic carbocycles. The summed E-state index contributed by atoms with van der Waals surface area (Å²) in [6.07, 6.45) is 3.66. The van der Waals surface area contributed by atoms with Gasteiger partial charge in [0.05, 0.1) is 3.81 Å². The molecule has 0 spiro atoms. The van der Waals surface area contributed by atoms with Crippen LogP contribution in [0.2, 0.25) is 0 Å². The largest absolute Gasteiger partial charge is 0.229 e. The second kappa shape index (κ2) is 4.30. The van der Waals surface area contributed by atoms with Gasteiger partial charge in [-0.3, -0.25) is 0 Å². The molecule has 1 nitrogen and oxygen atoms in total. The highest BCUT2D eigenvalue weighted by Gasteiger charge is 2.14. The highest BCUT2D eigenvalue weighted by Crippen LogP contribution is 2.35. The molecule has 4 heteroatoms. The van der Waals surface area contributed by atoms with Crippen molar-refractivity contribution in [2.45, 2.75) is 6.92 Å². The molecule has 0 amide bonds. The van der Waals surface area contributed by atoms with Gasteiger partial charge in [0.25, 0.3) is 0 Å². The van der Waals surface area contributed by atoms with Crippen molar-refractivity contribution in [1.29, 1.82) is 0 Å². The van der Waals surface area contributed by atoms with Crippen LogP contribution in [0.3, 0.4) is 0 Å². The monoisotopic (exact) mass is 263 g/mol. The lowest BCUT2D eigenvalue weighted by atomic mass is 10.3. The third-order valence-electron chi connectivity index (χ3n) is 1.20. The average molecular weight is 265 g/mol. The lowest BCUT2D eigenvalue weighted by Crippen LogP contribution is -1.86. The topological polar surface area (TPSA) is 12.4 Å². The summed E-state index contributed by atoms with van der Waals surface area (Å²) >= 11 is 10.6. The summed E-state index contributed by atoms with van der Waals surface area (Å²) in [6.45, 7) is 5.67. The molecule has 0 N–H and O–H groups in total. The fourth-order valence-electron chi connectivity index (χ4n) is 0.642. The van der Waals surface area contributed by atoms with E-state index >= 15 is 0 Å². The fourth-order valence-corrected chi connectivity index (χ4v) is 2.23. The molecule has 1 aliphatic rings. The molecule has 64 valence electrons. The minimum absolute atomic E-state index is 0.495. The SMILES string of the molecule is C=C1C=C(Br)S/C1=N/C(Cl)=C\C. The van der Waals surface area contributed by atoms with Gasteiger partial charge in [0.2, 0.25) is 0 Å². The van der Waals surface area contributed by atoms with Crippen molar-refractivity contribution in [2.75, 3.05) is 0 Å². The standard InChI is InChI=1S/C8H7BrClNS/c1-3-7(10)11-8-5(2)4-6(9)12-8/h3-4H,2H2,1H3/b7-3-,11-8+. The Balaban J connectivity index is 2.82. The van der Waals surface area contributed by atoms with Crippen LogP contribution in [-0.4, -0.2) is 5.04 Å². The highest BCUT2D eigenvalue weighted by molar-refractivity contribution is 9.14. The number of rotatable bonds is 1. The fraction of sp³-hybridized carbons (Fsp3) is 0.125. The van der Waals surface area contributed by atoms with Gasteiger partial charge < -0.3 is 0 Å². The quantitative estimate of drug-likeness (QED) is 0.652. The zero-order valence-electron chi connectivity index (χ0n) is 6.47. The van der Waals surface area contributed by atoms with E-state index in [0.717, 1.165) is 14.4 Å². The number of aliphatic imine (C=N–C) groups is 1. The zero-order chi connectivity index (χ0) is 9.14. The van der Waals surface area contributed by atoms with E-state index in [1.165, 1.54) is 11.8 Å². The molecule has 12 heavy (non-hydrogen) atoms.